The van der Waals surface area contributed by atoms with Crippen molar-refractivity contribution in [1.82, 2.24) is 4.98 Å². The van der Waals surface area contributed by atoms with Crippen LogP contribution in [0.4, 0.5) is 0 Å². The number of aliphatic hydroxyl groups is 1. The quantitative estimate of drug-likeness (QED) is 0.856. The van der Waals surface area contributed by atoms with Crippen LogP contribution in [0.15, 0.2) is 24.5 Å². The third kappa shape index (κ3) is 3.81. The minimum absolute atomic E-state index is 0.214. The van der Waals surface area contributed by atoms with Gasteiger partial charge in [-0.05, 0) is 36.5 Å². The van der Waals surface area contributed by atoms with E-state index in [0.29, 0.717) is 0 Å². The predicted octanol–water partition coefficient (Wildman–Crippen LogP) is 3.91. The number of nitrogens with zero attached hydrogens (tertiary/aromatic N) is 1. The maximum absolute atomic E-state index is 10.3. The maximum atomic E-state index is 10.3. The fourth-order valence-corrected chi connectivity index (χ4v) is 3.02. The molecule has 2 unspecified atom stereocenters. The second kappa shape index (κ2) is 6.89. The number of rotatable bonds is 5. The fraction of sp³-hybridized carbons (Fsp3) is 0.688. The molecule has 1 aliphatic rings. The first kappa shape index (κ1) is 13.5. The maximum Gasteiger partial charge on any atom is 0.0606 e. The van der Waals surface area contributed by atoms with Gasteiger partial charge in [0.25, 0.3) is 0 Å². The minimum Gasteiger partial charge on any atom is -0.393 e. The summed E-state index contributed by atoms with van der Waals surface area (Å²) >= 11 is 0. The smallest absolute Gasteiger partial charge is 0.0606 e. The first-order valence-corrected chi connectivity index (χ1v) is 7.35. The van der Waals surface area contributed by atoms with E-state index in [2.05, 4.69) is 11.9 Å². The Bertz CT molecular complexity index is 332. The van der Waals surface area contributed by atoms with Crippen LogP contribution in [-0.4, -0.2) is 16.2 Å². The Morgan fingerprint density at radius 1 is 1.22 bits per heavy atom. The van der Waals surface area contributed by atoms with E-state index in [0.717, 1.165) is 12.3 Å². The van der Waals surface area contributed by atoms with Gasteiger partial charge in [-0.1, -0.05) is 39.0 Å². The summed E-state index contributed by atoms with van der Waals surface area (Å²) in [5, 5.41) is 10.3. The topological polar surface area (TPSA) is 33.1 Å². The molecule has 1 saturated carbocycles. The Kier molecular flexibility index (Phi) is 5.18. The van der Waals surface area contributed by atoms with Crippen molar-refractivity contribution in [1.29, 1.82) is 0 Å². The van der Waals surface area contributed by atoms with E-state index < -0.39 is 0 Å². The molecule has 100 valence electrons. The molecule has 1 fully saturated rings. The van der Waals surface area contributed by atoms with Gasteiger partial charge in [-0.3, -0.25) is 4.98 Å². The van der Waals surface area contributed by atoms with Crippen LogP contribution in [0.1, 0.15) is 63.4 Å². The molecule has 1 aromatic heterocycles. The summed E-state index contributed by atoms with van der Waals surface area (Å²) in [5.41, 5.74) is 1.20. The summed E-state index contributed by atoms with van der Waals surface area (Å²) < 4.78 is 0. The second-order valence-electron chi connectivity index (χ2n) is 5.72. The Balaban J connectivity index is 1.78. The first-order valence-electron chi connectivity index (χ1n) is 7.35. The lowest BCUT2D eigenvalue weighted by Gasteiger charge is -2.25. The van der Waals surface area contributed by atoms with E-state index in [9.17, 15) is 5.11 Å². The Morgan fingerprint density at radius 2 is 1.89 bits per heavy atom. The summed E-state index contributed by atoms with van der Waals surface area (Å²) in [5.74, 6) is 1.08. The largest absolute Gasteiger partial charge is 0.393 e. The molecule has 0 amide bonds. The number of aromatic nitrogens is 1. The molecule has 0 radical (unpaired) electrons. The fourth-order valence-electron chi connectivity index (χ4n) is 3.02. The highest BCUT2D eigenvalue weighted by atomic mass is 16.3. The van der Waals surface area contributed by atoms with Gasteiger partial charge in [-0.25, -0.2) is 0 Å². The molecule has 0 spiro atoms. The molecule has 1 heterocycles. The molecule has 2 nitrogen and oxygen atoms in total. The summed E-state index contributed by atoms with van der Waals surface area (Å²) in [4.78, 5) is 4.02. The molecule has 1 N–H and O–H groups in total. The van der Waals surface area contributed by atoms with Gasteiger partial charge in [0, 0.05) is 18.3 Å². The van der Waals surface area contributed by atoms with E-state index in [1.165, 1.54) is 44.1 Å². The lowest BCUT2D eigenvalue weighted by Crippen LogP contribution is -2.18. The van der Waals surface area contributed by atoms with E-state index in [-0.39, 0.29) is 12.0 Å². The standard InChI is InChI=1S/C16H25NO/c1-13(15-9-11-17-12-10-15)16(18)8-7-14-5-3-2-4-6-14/h9-14,16,18H,2-8H2,1H3. The van der Waals surface area contributed by atoms with Gasteiger partial charge in [0.05, 0.1) is 6.10 Å². The summed E-state index contributed by atoms with van der Waals surface area (Å²) in [6.45, 7) is 2.11. The van der Waals surface area contributed by atoms with Crippen molar-refractivity contribution < 1.29 is 5.11 Å². The summed E-state index contributed by atoms with van der Waals surface area (Å²) in [6, 6.07) is 4.02. The molecule has 0 aromatic carbocycles. The lowest BCUT2D eigenvalue weighted by molar-refractivity contribution is 0.126. The Morgan fingerprint density at radius 3 is 2.56 bits per heavy atom. The zero-order valence-corrected chi connectivity index (χ0v) is 11.4. The zero-order chi connectivity index (χ0) is 12.8. The summed E-state index contributed by atoms with van der Waals surface area (Å²) in [6.07, 6.45) is 12.5. The van der Waals surface area contributed by atoms with Crippen LogP contribution in [0, 0.1) is 5.92 Å². The lowest BCUT2D eigenvalue weighted by atomic mass is 9.83. The molecule has 2 heteroatoms. The third-order valence-corrected chi connectivity index (χ3v) is 4.40. The van der Waals surface area contributed by atoms with E-state index in [1.54, 1.807) is 12.4 Å². The van der Waals surface area contributed by atoms with E-state index >= 15 is 0 Å². The van der Waals surface area contributed by atoms with Crippen LogP contribution in [-0.2, 0) is 0 Å². The molecule has 1 aromatic rings. The normalized spacial score (nSPS) is 20.6. The van der Waals surface area contributed by atoms with Gasteiger partial charge < -0.3 is 5.11 Å². The second-order valence-corrected chi connectivity index (χ2v) is 5.72. The highest BCUT2D eigenvalue weighted by Crippen LogP contribution is 2.30. The average molecular weight is 247 g/mol. The van der Waals surface area contributed by atoms with Crippen molar-refractivity contribution in [2.45, 2.75) is 63.9 Å². The van der Waals surface area contributed by atoms with Gasteiger partial charge in [0.1, 0.15) is 0 Å². The van der Waals surface area contributed by atoms with Crippen molar-refractivity contribution in [3.8, 4) is 0 Å². The average Bonchev–Trinajstić information content (AvgIpc) is 2.46. The van der Waals surface area contributed by atoms with Gasteiger partial charge >= 0.3 is 0 Å². The monoisotopic (exact) mass is 247 g/mol. The molecule has 2 rings (SSSR count). The van der Waals surface area contributed by atoms with Gasteiger partial charge in [0.2, 0.25) is 0 Å². The molecular formula is C16H25NO. The Labute approximate surface area is 110 Å². The number of pyridine rings is 1. The van der Waals surface area contributed by atoms with Crippen LogP contribution in [0.2, 0.25) is 0 Å². The minimum atomic E-state index is -0.214. The highest BCUT2D eigenvalue weighted by Gasteiger charge is 2.19. The Hall–Kier alpha value is -0.890. The molecule has 18 heavy (non-hydrogen) atoms. The highest BCUT2D eigenvalue weighted by molar-refractivity contribution is 5.16. The van der Waals surface area contributed by atoms with Crippen molar-refractivity contribution >= 4 is 0 Å². The first-order chi connectivity index (χ1) is 8.77. The molecule has 0 saturated heterocycles. The van der Waals surface area contributed by atoms with Gasteiger partial charge in [0.15, 0.2) is 0 Å². The molecule has 0 aliphatic heterocycles. The third-order valence-electron chi connectivity index (χ3n) is 4.40. The van der Waals surface area contributed by atoms with Crippen molar-refractivity contribution in [2.24, 2.45) is 5.92 Å². The number of hydrogen-bond acceptors (Lipinski definition) is 2. The zero-order valence-electron chi connectivity index (χ0n) is 11.4. The molecule has 2 atom stereocenters. The number of hydrogen-bond donors (Lipinski definition) is 1. The molecule has 1 aliphatic carbocycles. The van der Waals surface area contributed by atoms with Crippen LogP contribution >= 0.6 is 0 Å². The molecule has 0 bridgehead atoms. The molecular weight excluding hydrogens is 222 g/mol. The van der Waals surface area contributed by atoms with Crippen LogP contribution in [0.5, 0.6) is 0 Å². The van der Waals surface area contributed by atoms with Crippen LogP contribution in [0.25, 0.3) is 0 Å². The van der Waals surface area contributed by atoms with Gasteiger partial charge in [-0.15, -0.1) is 0 Å². The van der Waals surface area contributed by atoms with Crippen molar-refractivity contribution in [2.75, 3.05) is 0 Å². The van der Waals surface area contributed by atoms with Gasteiger partial charge in [-0.2, -0.15) is 0 Å². The van der Waals surface area contributed by atoms with E-state index in [1.807, 2.05) is 12.1 Å². The van der Waals surface area contributed by atoms with Crippen LogP contribution < -0.4 is 0 Å². The van der Waals surface area contributed by atoms with Crippen molar-refractivity contribution in [3.05, 3.63) is 30.1 Å². The number of aliphatic hydroxyl groups excluding tert-OH is 1. The van der Waals surface area contributed by atoms with Crippen molar-refractivity contribution in [3.63, 3.8) is 0 Å². The summed E-state index contributed by atoms with van der Waals surface area (Å²) in [7, 11) is 0. The van der Waals surface area contributed by atoms with Crippen LogP contribution in [0.3, 0.4) is 0 Å². The predicted molar refractivity (Wildman–Crippen MR) is 74.5 cm³/mol. The van der Waals surface area contributed by atoms with E-state index in [4.69, 9.17) is 0 Å². The SMILES string of the molecule is CC(c1ccncc1)C(O)CCC1CCCCC1.